The first-order chi connectivity index (χ1) is 12.7. The van der Waals surface area contributed by atoms with Crippen LogP contribution in [0.15, 0.2) is 54.6 Å². The Morgan fingerprint density at radius 3 is 2.73 bits per heavy atom. The molecule has 2 aromatic carbocycles. The minimum atomic E-state index is -0.677. The van der Waals surface area contributed by atoms with E-state index in [9.17, 15) is 9.59 Å². The molecule has 1 atom stereocenters. The summed E-state index contributed by atoms with van der Waals surface area (Å²) in [6.45, 7) is 0.918. The summed E-state index contributed by atoms with van der Waals surface area (Å²) in [5.74, 6) is 2.68. The normalized spacial score (nSPS) is 16.3. The average molecular weight is 349 g/mol. The molecule has 132 valence electrons. The number of terminal acetylenes is 1. The maximum atomic E-state index is 12.9. The van der Waals surface area contributed by atoms with E-state index in [1.165, 1.54) is 4.90 Å². The van der Waals surface area contributed by atoms with Crippen molar-refractivity contribution >= 4 is 17.6 Å². The third kappa shape index (κ3) is 3.78. The summed E-state index contributed by atoms with van der Waals surface area (Å²) in [6, 6.07) is 15.2. The number of carbonyl (C=O) groups excluding carboxylic acids is 2. The predicted molar refractivity (Wildman–Crippen MR) is 98.7 cm³/mol. The van der Waals surface area contributed by atoms with Gasteiger partial charge in [-0.1, -0.05) is 48.4 Å². The summed E-state index contributed by atoms with van der Waals surface area (Å²) < 4.78 is 5.46. The van der Waals surface area contributed by atoms with Gasteiger partial charge in [-0.15, -0.1) is 6.42 Å². The first kappa shape index (κ1) is 17.4. The lowest BCUT2D eigenvalue weighted by atomic mass is 10.0. The molecule has 1 heterocycles. The van der Waals surface area contributed by atoms with Crippen molar-refractivity contribution in [2.75, 3.05) is 25.0 Å². The quantitative estimate of drug-likeness (QED) is 0.833. The Labute approximate surface area is 152 Å². The highest BCUT2D eigenvalue weighted by molar-refractivity contribution is 5.96. The van der Waals surface area contributed by atoms with Crippen molar-refractivity contribution in [1.29, 1.82) is 0 Å². The summed E-state index contributed by atoms with van der Waals surface area (Å²) in [5.41, 5.74) is 1.27. The molecular formula is C20H19N3O3. The molecule has 0 spiro atoms. The topological polar surface area (TPSA) is 70.7 Å². The zero-order chi connectivity index (χ0) is 18.4. The van der Waals surface area contributed by atoms with Crippen LogP contribution in [-0.4, -0.2) is 36.5 Å². The van der Waals surface area contributed by atoms with Crippen molar-refractivity contribution in [2.24, 2.45) is 0 Å². The van der Waals surface area contributed by atoms with E-state index in [-0.39, 0.29) is 18.5 Å². The summed E-state index contributed by atoms with van der Waals surface area (Å²) >= 11 is 0. The standard InChI is InChI=1S/C20H19N3O3/c1-2-14-26-17-11-7-6-10-16(17)22-20(25)23-13-12-21-19(24)18(23)15-8-4-3-5-9-15/h1,3-11,18H,12-14H2,(H,21,24)(H,22,25). The number of anilines is 1. The number of hydrogen-bond acceptors (Lipinski definition) is 3. The Morgan fingerprint density at radius 2 is 1.96 bits per heavy atom. The van der Waals surface area contributed by atoms with Crippen molar-refractivity contribution in [2.45, 2.75) is 6.04 Å². The minimum absolute atomic E-state index is 0.103. The van der Waals surface area contributed by atoms with Crippen LogP contribution in [0, 0.1) is 12.3 Å². The zero-order valence-corrected chi connectivity index (χ0v) is 14.1. The van der Waals surface area contributed by atoms with E-state index in [4.69, 9.17) is 11.2 Å². The molecule has 1 aliphatic heterocycles. The van der Waals surface area contributed by atoms with Crippen LogP contribution in [0.5, 0.6) is 5.75 Å². The van der Waals surface area contributed by atoms with Crippen LogP contribution >= 0.6 is 0 Å². The second-order valence-electron chi connectivity index (χ2n) is 5.72. The van der Waals surface area contributed by atoms with Crippen molar-refractivity contribution in [3.05, 3.63) is 60.2 Å². The van der Waals surface area contributed by atoms with Gasteiger partial charge in [-0.05, 0) is 17.7 Å². The molecule has 1 saturated heterocycles. The number of rotatable bonds is 4. The van der Waals surface area contributed by atoms with E-state index in [2.05, 4.69) is 16.6 Å². The molecule has 6 nitrogen and oxygen atoms in total. The fourth-order valence-corrected chi connectivity index (χ4v) is 2.85. The first-order valence-electron chi connectivity index (χ1n) is 8.26. The SMILES string of the molecule is C#CCOc1ccccc1NC(=O)N1CCNC(=O)C1c1ccccc1. The number of amides is 3. The first-order valence-corrected chi connectivity index (χ1v) is 8.26. The molecule has 6 heteroatoms. The monoisotopic (exact) mass is 349 g/mol. The minimum Gasteiger partial charge on any atom is -0.479 e. The van der Waals surface area contributed by atoms with Crippen LogP contribution in [0.4, 0.5) is 10.5 Å². The highest BCUT2D eigenvalue weighted by atomic mass is 16.5. The number of carbonyl (C=O) groups is 2. The lowest BCUT2D eigenvalue weighted by Crippen LogP contribution is -2.53. The number of nitrogens with one attached hydrogen (secondary N) is 2. The van der Waals surface area contributed by atoms with Gasteiger partial charge >= 0.3 is 6.03 Å². The van der Waals surface area contributed by atoms with E-state index >= 15 is 0 Å². The Hall–Kier alpha value is -3.46. The maximum absolute atomic E-state index is 12.9. The third-order valence-electron chi connectivity index (χ3n) is 4.03. The van der Waals surface area contributed by atoms with Gasteiger partial charge in [0.2, 0.25) is 5.91 Å². The van der Waals surface area contributed by atoms with Gasteiger partial charge in [0.15, 0.2) is 0 Å². The van der Waals surface area contributed by atoms with Gasteiger partial charge in [0.05, 0.1) is 5.69 Å². The predicted octanol–water partition coefficient (Wildman–Crippen LogP) is 2.40. The van der Waals surface area contributed by atoms with Crippen molar-refractivity contribution in [1.82, 2.24) is 10.2 Å². The molecule has 2 aromatic rings. The van der Waals surface area contributed by atoms with Gasteiger partial charge in [-0.2, -0.15) is 0 Å². The summed E-state index contributed by atoms with van der Waals surface area (Å²) in [6.07, 6.45) is 5.23. The summed E-state index contributed by atoms with van der Waals surface area (Å²) in [7, 11) is 0. The fraction of sp³-hybridized carbons (Fsp3) is 0.200. The van der Waals surface area contributed by atoms with Crippen LogP contribution in [0.25, 0.3) is 0 Å². The molecule has 0 radical (unpaired) electrons. The van der Waals surface area contributed by atoms with Gasteiger partial charge in [-0.3, -0.25) is 4.79 Å². The lowest BCUT2D eigenvalue weighted by molar-refractivity contribution is -0.127. The Balaban J connectivity index is 1.82. The number of para-hydroxylation sites is 2. The molecule has 1 aliphatic rings. The number of hydrogen-bond donors (Lipinski definition) is 2. The Kier molecular flexibility index (Phi) is 5.40. The second kappa shape index (κ2) is 8.08. The van der Waals surface area contributed by atoms with Gasteiger partial charge in [0.25, 0.3) is 0 Å². The molecule has 2 N–H and O–H groups in total. The molecule has 0 bridgehead atoms. The van der Waals surface area contributed by atoms with Crippen LogP contribution < -0.4 is 15.4 Å². The maximum Gasteiger partial charge on any atom is 0.322 e. The van der Waals surface area contributed by atoms with Crippen molar-refractivity contribution in [3.8, 4) is 18.1 Å². The highest BCUT2D eigenvalue weighted by Gasteiger charge is 2.34. The molecule has 0 aromatic heterocycles. The van der Waals surface area contributed by atoms with E-state index in [1.54, 1.807) is 24.3 Å². The van der Waals surface area contributed by atoms with Gasteiger partial charge < -0.3 is 20.3 Å². The highest BCUT2D eigenvalue weighted by Crippen LogP contribution is 2.27. The van der Waals surface area contributed by atoms with Crippen LogP contribution in [-0.2, 0) is 4.79 Å². The molecule has 26 heavy (non-hydrogen) atoms. The van der Waals surface area contributed by atoms with Crippen molar-refractivity contribution in [3.63, 3.8) is 0 Å². The fourth-order valence-electron chi connectivity index (χ4n) is 2.85. The number of piperazine rings is 1. The molecular weight excluding hydrogens is 330 g/mol. The van der Waals surface area contributed by atoms with Crippen LogP contribution in [0.2, 0.25) is 0 Å². The number of benzene rings is 2. The van der Waals surface area contributed by atoms with E-state index in [0.29, 0.717) is 24.5 Å². The molecule has 3 amide bonds. The largest absolute Gasteiger partial charge is 0.479 e. The third-order valence-corrected chi connectivity index (χ3v) is 4.03. The molecule has 1 fully saturated rings. The second-order valence-corrected chi connectivity index (χ2v) is 5.72. The molecule has 1 unspecified atom stereocenters. The Morgan fingerprint density at radius 1 is 1.23 bits per heavy atom. The van der Waals surface area contributed by atoms with Crippen LogP contribution in [0.1, 0.15) is 11.6 Å². The average Bonchev–Trinajstić information content (AvgIpc) is 2.67. The molecule has 0 aliphatic carbocycles. The zero-order valence-electron chi connectivity index (χ0n) is 14.1. The van der Waals surface area contributed by atoms with Gasteiger partial charge in [0.1, 0.15) is 18.4 Å². The number of nitrogens with zero attached hydrogens (tertiary/aromatic N) is 1. The molecule has 0 saturated carbocycles. The van der Waals surface area contributed by atoms with Crippen molar-refractivity contribution < 1.29 is 14.3 Å². The smallest absolute Gasteiger partial charge is 0.322 e. The van der Waals surface area contributed by atoms with Gasteiger partial charge in [-0.25, -0.2) is 4.79 Å². The van der Waals surface area contributed by atoms with Crippen LogP contribution in [0.3, 0.4) is 0 Å². The van der Waals surface area contributed by atoms with E-state index < -0.39 is 6.04 Å². The summed E-state index contributed by atoms with van der Waals surface area (Å²) in [4.78, 5) is 26.8. The molecule has 3 rings (SSSR count). The van der Waals surface area contributed by atoms with E-state index in [1.807, 2.05) is 30.3 Å². The number of urea groups is 1. The summed E-state index contributed by atoms with van der Waals surface area (Å²) in [5, 5.41) is 5.63. The lowest BCUT2D eigenvalue weighted by Gasteiger charge is -2.35. The number of ether oxygens (including phenoxy) is 1. The van der Waals surface area contributed by atoms with E-state index in [0.717, 1.165) is 5.56 Å². The Bertz CT molecular complexity index is 830. The van der Waals surface area contributed by atoms with Gasteiger partial charge in [0, 0.05) is 13.1 Å².